The number of hydrogen-bond donors (Lipinski definition) is 4. The summed E-state index contributed by atoms with van der Waals surface area (Å²) in [5, 5.41) is 30.9. The number of nitrogens with one attached hydrogen (secondary N) is 1. The molecule has 2 saturated heterocycles. The van der Waals surface area contributed by atoms with E-state index in [0.717, 1.165) is 67.4 Å². The van der Waals surface area contributed by atoms with Crippen molar-refractivity contribution in [2.24, 2.45) is 0 Å². The molecular weight excluding hydrogens is 524 g/mol. The van der Waals surface area contributed by atoms with E-state index in [-0.39, 0.29) is 43.8 Å². The minimum Gasteiger partial charge on any atom is -0.481 e. The van der Waals surface area contributed by atoms with Crippen molar-refractivity contribution in [3.8, 4) is 0 Å². The predicted octanol–water partition coefficient (Wildman–Crippen LogP) is 4.22. The number of carboxylic acids is 1. The molecule has 2 aromatic rings. The number of aliphatic carboxylic acids is 1. The van der Waals surface area contributed by atoms with E-state index in [0.29, 0.717) is 25.8 Å². The molecule has 2 aliphatic rings. The van der Waals surface area contributed by atoms with Crippen molar-refractivity contribution in [1.29, 1.82) is 0 Å². The number of carbonyl (C=O) groups is 2. The first-order valence-corrected chi connectivity index (χ1v) is 14.9. The van der Waals surface area contributed by atoms with Crippen LogP contribution in [0.5, 0.6) is 0 Å². The summed E-state index contributed by atoms with van der Waals surface area (Å²) < 4.78 is 12.9. The van der Waals surface area contributed by atoms with E-state index in [4.69, 9.17) is 14.6 Å². The van der Waals surface area contributed by atoms with Crippen LogP contribution in [-0.4, -0.2) is 63.9 Å². The fraction of sp³-hybridized carbons (Fsp3) is 0.562. The maximum absolute atomic E-state index is 12.2. The highest BCUT2D eigenvalue weighted by Crippen LogP contribution is 2.38. The van der Waals surface area contributed by atoms with Gasteiger partial charge in [0, 0.05) is 44.0 Å². The Bertz CT molecular complexity index is 1090. The van der Waals surface area contributed by atoms with Crippen LogP contribution in [0.3, 0.4) is 0 Å². The number of carbonyl (C=O) groups excluding carboxylic acids is 1. The second-order valence-corrected chi connectivity index (χ2v) is 11.1. The van der Waals surface area contributed by atoms with Gasteiger partial charge in [0.15, 0.2) is 6.29 Å². The highest BCUT2D eigenvalue weighted by atomic mass is 16.7. The topological polar surface area (TPSA) is 129 Å². The Hall–Kier alpha value is -2.82. The van der Waals surface area contributed by atoms with Crippen molar-refractivity contribution >= 4 is 11.9 Å². The third-order valence-electron chi connectivity index (χ3n) is 8.05. The van der Waals surface area contributed by atoms with Gasteiger partial charge >= 0.3 is 5.97 Å². The maximum Gasteiger partial charge on any atom is 0.303 e. The van der Waals surface area contributed by atoms with E-state index in [1.165, 1.54) is 0 Å². The zero-order valence-corrected chi connectivity index (χ0v) is 23.7. The van der Waals surface area contributed by atoms with Gasteiger partial charge in [0.05, 0.1) is 25.4 Å². The van der Waals surface area contributed by atoms with E-state index in [9.17, 15) is 19.8 Å². The molecule has 0 aromatic heterocycles. The molecule has 0 radical (unpaired) electrons. The lowest BCUT2D eigenvalue weighted by atomic mass is 9.99. The molecule has 41 heavy (non-hydrogen) atoms. The molecule has 2 aromatic carbocycles. The predicted molar refractivity (Wildman–Crippen MR) is 154 cm³/mol. The Morgan fingerprint density at radius 2 is 1.56 bits per heavy atom. The summed E-state index contributed by atoms with van der Waals surface area (Å²) in [6, 6.07) is 15.9. The van der Waals surface area contributed by atoms with Crippen LogP contribution in [0.4, 0.5) is 0 Å². The maximum atomic E-state index is 12.2. The number of amides is 1. The second kappa shape index (κ2) is 16.0. The SMILES string of the molecule is O=C(O)CCCCCCC(=O)NCc1ccc([C@@H]2O[C@H](CN3CCC[C@H]3CO)C[C@H](c3ccc(CO)cc3)O2)cc1. The Labute approximate surface area is 242 Å². The van der Waals surface area contributed by atoms with Crippen molar-refractivity contribution in [1.82, 2.24) is 10.2 Å². The highest BCUT2D eigenvalue weighted by Gasteiger charge is 2.35. The van der Waals surface area contributed by atoms with E-state index >= 15 is 0 Å². The standard InChI is InChI=1S/C32H44N2O7/c35-21-24-11-13-25(14-12-24)29-18-28(20-34-17-5-6-27(34)22-36)40-32(41-29)26-15-9-23(10-16-26)19-33-30(37)7-3-1-2-4-8-31(38)39/h9-16,27-29,32,35-36H,1-8,17-22H2,(H,33,37)(H,38,39)/t27-,28-,29+,32+/m0/s1. The van der Waals surface area contributed by atoms with Gasteiger partial charge < -0.3 is 30.1 Å². The minimum absolute atomic E-state index is 0.000919. The Morgan fingerprint density at radius 1 is 0.878 bits per heavy atom. The molecule has 4 rings (SSSR count). The number of likely N-dealkylation sites (tertiary alicyclic amines) is 1. The number of unbranched alkanes of at least 4 members (excludes halogenated alkanes) is 3. The average Bonchev–Trinajstić information content (AvgIpc) is 3.44. The number of nitrogens with zero attached hydrogens (tertiary/aromatic N) is 1. The lowest BCUT2D eigenvalue weighted by Gasteiger charge is -2.38. The number of carboxylic acid groups (broad SMARTS) is 1. The fourth-order valence-corrected chi connectivity index (χ4v) is 5.63. The lowest BCUT2D eigenvalue weighted by Crippen LogP contribution is -2.42. The fourth-order valence-electron chi connectivity index (χ4n) is 5.63. The molecule has 2 heterocycles. The molecule has 0 unspecified atom stereocenters. The summed E-state index contributed by atoms with van der Waals surface area (Å²) in [5.74, 6) is -0.783. The minimum atomic E-state index is -0.776. The lowest BCUT2D eigenvalue weighted by molar-refractivity contribution is -0.253. The van der Waals surface area contributed by atoms with Gasteiger partial charge in [0.25, 0.3) is 0 Å². The molecular formula is C32H44N2O7. The largest absolute Gasteiger partial charge is 0.481 e. The quantitative estimate of drug-likeness (QED) is 0.235. The van der Waals surface area contributed by atoms with Crippen molar-refractivity contribution in [3.05, 3.63) is 70.8 Å². The number of hydrogen-bond acceptors (Lipinski definition) is 7. The first kappa shape index (κ1) is 31.1. The summed E-state index contributed by atoms with van der Waals surface area (Å²) in [6.07, 6.45) is 5.70. The number of aliphatic hydroxyl groups is 2. The average molecular weight is 569 g/mol. The number of ether oxygens (including phenoxy) is 2. The molecule has 9 heteroatoms. The van der Waals surface area contributed by atoms with Gasteiger partial charge in [0.2, 0.25) is 5.91 Å². The molecule has 4 N–H and O–H groups in total. The Morgan fingerprint density at radius 3 is 2.24 bits per heavy atom. The summed E-state index contributed by atoms with van der Waals surface area (Å²) in [7, 11) is 0. The van der Waals surface area contributed by atoms with E-state index in [2.05, 4.69) is 10.2 Å². The monoisotopic (exact) mass is 568 g/mol. The second-order valence-electron chi connectivity index (χ2n) is 11.1. The summed E-state index contributed by atoms with van der Waals surface area (Å²) in [4.78, 5) is 25.1. The van der Waals surface area contributed by atoms with Gasteiger partial charge in [-0.15, -0.1) is 0 Å². The summed E-state index contributed by atoms with van der Waals surface area (Å²) >= 11 is 0. The zero-order chi connectivity index (χ0) is 29.0. The Kier molecular flexibility index (Phi) is 12.1. The normalized spacial score (nSPS) is 23.0. The zero-order valence-electron chi connectivity index (χ0n) is 23.7. The molecule has 0 saturated carbocycles. The molecule has 2 fully saturated rings. The summed E-state index contributed by atoms with van der Waals surface area (Å²) in [6.45, 7) is 2.28. The smallest absolute Gasteiger partial charge is 0.303 e. The molecule has 4 atom stereocenters. The van der Waals surface area contributed by atoms with Crippen LogP contribution in [0.15, 0.2) is 48.5 Å². The molecule has 1 amide bonds. The van der Waals surface area contributed by atoms with E-state index in [1.807, 2.05) is 48.5 Å². The summed E-state index contributed by atoms with van der Waals surface area (Å²) in [5.41, 5.74) is 3.79. The number of rotatable bonds is 15. The van der Waals surface area contributed by atoms with Crippen LogP contribution in [-0.2, 0) is 32.2 Å². The van der Waals surface area contributed by atoms with E-state index < -0.39 is 12.3 Å². The Balaban J connectivity index is 1.33. The van der Waals surface area contributed by atoms with Crippen LogP contribution < -0.4 is 5.32 Å². The third-order valence-corrected chi connectivity index (χ3v) is 8.05. The van der Waals surface area contributed by atoms with Gasteiger partial charge in [-0.3, -0.25) is 14.5 Å². The van der Waals surface area contributed by atoms with Crippen LogP contribution in [0.2, 0.25) is 0 Å². The molecule has 0 bridgehead atoms. The van der Waals surface area contributed by atoms with Crippen molar-refractivity contribution < 1.29 is 34.4 Å². The number of aliphatic hydroxyl groups excluding tert-OH is 2. The molecule has 0 spiro atoms. The number of benzene rings is 2. The van der Waals surface area contributed by atoms with Crippen molar-refractivity contribution in [2.75, 3.05) is 19.7 Å². The van der Waals surface area contributed by atoms with Gasteiger partial charge in [-0.2, -0.15) is 0 Å². The van der Waals surface area contributed by atoms with E-state index in [1.54, 1.807) is 0 Å². The molecule has 9 nitrogen and oxygen atoms in total. The first-order valence-electron chi connectivity index (χ1n) is 14.9. The highest BCUT2D eigenvalue weighted by molar-refractivity contribution is 5.75. The van der Waals surface area contributed by atoms with Crippen molar-refractivity contribution in [3.63, 3.8) is 0 Å². The van der Waals surface area contributed by atoms with Gasteiger partial charge in [-0.1, -0.05) is 61.4 Å². The van der Waals surface area contributed by atoms with Crippen molar-refractivity contribution in [2.45, 2.75) is 95.5 Å². The van der Waals surface area contributed by atoms with Crippen LogP contribution in [0.25, 0.3) is 0 Å². The van der Waals surface area contributed by atoms with Crippen LogP contribution in [0.1, 0.15) is 92.4 Å². The molecule has 224 valence electrons. The molecule has 2 aliphatic heterocycles. The van der Waals surface area contributed by atoms with Gasteiger partial charge in [-0.25, -0.2) is 0 Å². The first-order chi connectivity index (χ1) is 19.9. The molecule has 0 aliphatic carbocycles. The third kappa shape index (κ3) is 9.61. The van der Waals surface area contributed by atoms with Gasteiger partial charge in [0.1, 0.15) is 0 Å². The van der Waals surface area contributed by atoms with Crippen LogP contribution >= 0.6 is 0 Å². The van der Waals surface area contributed by atoms with Crippen LogP contribution in [0, 0.1) is 0 Å². The van der Waals surface area contributed by atoms with Gasteiger partial charge in [-0.05, 0) is 48.9 Å².